The van der Waals surface area contributed by atoms with Gasteiger partial charge in [-0.15, -0.1) is 0 Å². The molecule has 2 aliphatic rings. The van der Waals surface area contributed by atoms with Crippen LogP contribution in [0.1, 0.15) is 49.8 Å². The SMILES string of the molecule is CC(CC(=N)C1CCC1)N1CCc2cc(O)ccc2[C@@H]1C=O. The molecule has 0 radical (unpaired) electrons. The van der Waals surface area contributed by atoms with Gasteiger partial charge in [-0.05, 0) is 55.4 Å². The normalized spacial score (nSPS) is 23.4. The molecule has 0 amide bonds. The number of aromatic hydroxyl groups is 1. The summed E-state index contributed by atoms with van der Waals surface area (Å²) in [4.78, 5) is 13.9. The molecule has 4 nitrogen and oxygen atoms in total. The Morgan fingerprint density at radius 3 is 2.91 bits per heavy atom. The lowest BCUT2D eigenvalue weighted by molar-refractivity contribution is -0.113. The van der Waals surface area contributed by atoms with Crippen LogP contribution in [0, 0.1) is 11.3 Å². The Balaban J connectivity index is 1.74. The van der Waals surface area contributed by atoms with Gasteiger partial charge in [0.25, 0.3) is 0 Å². The molecule has 4 heteroatoms. The van der Waals surface area contributed by atoms with Gasteiger partial charge in [0.1, 0.15) is 12.0 Å². The molecule has 2 atom stereocenters. The van der Waals surface area contributed by atoms with Gasteiger partial charge in [0.2, 0.25) is 0 Å². The molecule has 1 aromatic rings. The molecule has 2 N–H and O–H groups in total. The van der Waals surface area contributed by atoms with E-state index in [0.29, 0.717) is 5.92 Å². The summed E-state index contributed by atoms with van der Waals surface area (Å²) in [5.74, 6) is 0.739. The van der Waals surface area contributed by atoms with Crippen molar-refractivity contribution in [1.29, 1.82) is 5.41 Å². The Hall–Kier alpha value is -1.68. The Bertz CT molecular complexity index is 580. The Morgan fingerprint density at radius 1 is 1.50 bits per heavy atom. The van der Waals surface area contributed by atoms with Gasteiger partial charge in [-0.25, -0.2) is 0 Å². The van der Waals surface area contributed by atoms with Crippen LogP contribution in [0.4, 0.5) is 0 Å². The molecule has 1 aliphatic carbocycles. The van der Waals surface area contributed by atoms with Crippen molar-refractivity contribution in [2.24, 2.45) is 5.92 Å². The minimum atomic E-state index is -0.256. The quantitative estimate of drug-likeness (QED) is 0.649. The summed E-state index contributed by atoms with van der Waals surface area (Å²) in [6, 6.07) is 5.23. The molecule has 118 valence electrons. The van der Waals surface area contributed by atoms with E-state index in [1.807, 2.05) is 6.07 Å². The number of phenols is 1. The summed E-state index contributed by atoms with van der Waals surface area (Å²) in [6.45, 7) is 2.92. The molecule has 3 rings (SSSR count). The van der Waals surface area contributed by atoms with Gasteiger partial charge in [-0.2, -0.15) is 0 Å². The van der Waals surface area contributed by atoms with Crippen molar-refractivity contribution in [3.8, 4) is 5.75 Å². The fraction of sp³-hybridized carbons (Fsp3) is 0.556. The van der Waals surface area contributed by atoms with E-state index in [0.717, 1.165) is 55.4 Å². The van der Waals surface area contributed by atoms with Crippen molar-refractivity contribution in [2.75, 3.05) is 6.54 Å². The topological polar surface area (TPSA) is 64.4 Å². The maximum Gasteiger partial charge on any atom is 0.141 e. The first-order valence-electron chi connectivity index (χ1n) is 8.20. The summed E-state index contributed by atoms with van der Waals surface area (Å²) >= 11 is 0. The third kappa shape index (κ3) is 2.80. The molecular formula is C18H24N2O2. The van der Waals surface area contributed by atoms with Crippen molar-refractivity contribution < 1.29 is 9.90 Å². The predicted octanol–water partition coefficient (Wildman–Crippen LogP) is 3.09. The first-order chi connectivity index (χ1) is 10.6. The Labute approximate surface area is 131 Å². The number of nitrogens with zero attached hydrogens (tertiary/aromatic N) is 1. The second-order valence-electron chi connectivity index (χ2n) is 6.66. The largest absolute Gasteiger partial charge is 0.508 e. The van der Waals surface area contributed by atoms with Crippen LogP contribution >= 0.6 is 0 Å². The second-order valence-corrected chi connectivity index (χ2v) is 6.66. The highest BCUT2D eigenvalue weighted by molar-refractivity contribution is 5.85. The second kappa shape index (κ2) is 6.21. The number of carbonyl (C=O) groups is 1. The number of carbonyl (C=O) groups excluding carboxylic acids is 1. The molecule has 1 unspecified atom stereocenters. The number of aldehydes is 1. The van der Waals surface area contributed by atoms with Crippen LogP contribution in [-0.4, -0.2) is 34.6 Å². The first-order valence-corrected chi connectivity index (χ1v) is 8.20. The van der Waals surface area contributed by atoms with Crippen LogP contribution in [0.15, 0.2) is 18.2 Å². The van der Waals surface area contributed by atoms with Crippen LogP contribution in [0.3, 0.4) is 0 Å². The summed E-state index contributed by atoms with van der Waals surface area (Å²) < 4.78 is 0. The van der Waals surface area contributed by atoms with Crippen LogP contribution in [0.25, 0.3) is 0 Å². The number of hydrogen-bond donors (Lipinski definition) is 2. The molecule has 1 aliphatic heterocycles. The van der Waals surface area contributed by atoms with E-state index in [4.69, 9.17) is 5.41 Å². The molecular weight excluding hydrogens is 276 g/mol. The standard InChI is InChI=1S/C18H24N2O2/c1-12(9-17(19)13-3-2-4-13)20-8-7-14-10-15(22)5-6-16(14)18(20)11-21/h5-6,10-13,18-19,22H,2-4,7-9H2,1H3/t12?,18-/m0/s1. The predicted molar refractivity (Wildman–Crippen MR) is 86.5 cm³/mol. The van der Waals surface area contributed by atoms with E-state index >= 15 is 0 Å². The average molecular weight is 300 g/mol. The van der Waals surface area contributed by atoms with Crippen molar-refractivity contribution >= 4 is 12.0 Å². The van der Waals surface area contributed by atoms with Gasteiger partial charge in [0.15, 0.2) is 0 Å². The lowest BCUT2D eigenvalue weighted by atomic mass is 9.79. The fourth-order valence-electron chi connectivity index (χ4n) is 3.67. The maximum atomic E-state index is 11.7. The van der Waals surface area contributed by atoms with Crippen LogP contribution < -0.4 is 0 Å². The van der Waals surface area contributed by atoms with E-state index in [1.54, 1.807) is 12.1 Å². The van der Waals surface area contributed by atoms with Crippen molar-refractivity contribution in [3.05, 3.63) is 29.3 Å². The molecule has 0 aromatic heterocycles. The van der Waals surface area contributed by atoms with Gasteiger partial charge >= 0.3 is 0 Å². The highest BCUT2D eigenvalue weighted by Gasteiger charge is 2.32. The zero-order valence-corrected chi connectivity index (χ0v) is 13.1. The first kappa shape index (κ1) is 15.2. The lowest BCUT2D eigenvalue weighted by Crippen LogP contribution is -2.43. The van der Waals surface area contributed by atoms with E-state index in [1.165, 1.54) is 6.42 Å². The molecule has 0 bridgehead atoms. The Kier molecular flexibility index (Phi) is 4.30. The molecule has 22 heavy (non-hydrogen) atoms. The third-order valence-electron chi connectivity index (χ3n) is 5.25. The van der Waals surface area contributed by atoms with Gasteiger partial charge in [0, 0.05) is 24.7 Å². The number of hydrogen-bond acceptors (Lipinski definition) is 4. The number of rotatable bonds is 5. The monoisotopic (exact) mass is 300 g/mol. The van der Waals surface area contributed by atoms with Crippen LogP contribution in [0.5, 0.6) is 5.75 Å². The van der Waals surface area contributed by atoms with Gasteiger partial charge in [-0.3, -0.25) is 4.90 Å². The van der Waals surface area contributed by atoms with E-state index < -0.39 is 0 Å². The zero-order chi connectivity index (χ0) is 15.7. The summed E-state index contributed by atoms with van der Waals surface area (Å²) in [5.41, 5.74) is 2.91. The molecule has 1 fully saturated rings. The molecule has 1 aromatic carbocycles. The smallest absolute Gasteiger partial charge is 0.141 e. The third-order valence-corrected chi connectivity index (χ3v) is 5.25. The number of nitrogens with one attached hydrogen (secondary N) is 1. The fourth-order valence-corrected chi connectivity index (χ4v) is 3.67. The number of fused-ring (bicyclic) bond motifs is 1. The molecule has 0 spiro atoms. The van der Waals surface area contributed by atoms with Crippen LogP contribution in [0.2, 0.25) is 0 Å². The summed E-state index contributed by atoms with van der Waals surface area (Å²) in [7, 11) is 0. The average Bonchev–Trinajstić information content (AvgIpc) is 2.43. The minimum absolute atomic E-state index is 0.199. The van der Waals surface area contributed by atoms with Gasteiger partial charge < -0.3 is 15.3 Å². The van der Waals surface area contributed by atoms with E-state index in [9.17, 15) is 9.90 Å². The van der Waals surface area contributed by atoms with Gasteiger partial charge in [0.05, 0.1) is 6.04 Å². The van der Waals surface area contributed by atoms with Crippen LogP contribution in [-0.2, 0) is 11.2 Å². The highest BCUT2D eigenvalue weighted by Crippen LogP contribution is 2.34. The van der Waals surface area contributed by atoms with E-state index in [-0.39, 0.29) is 17.8 Å². The molecule has 1 heterocycles. The number of benzene rings is 1. The highest BCUT2D eigenvalue weighted by atomic mass is 16.3. The molecule has 1 saturated carbocycles. The van der Waals surface area contributed by atoms with E-state index in [2.05, 4.69) is 11.8 Å². The zero-order valence-electron chi connectivity index (χ0n) is 13.1. The lowest BCUT2D eigenvalue weighted by Gasteiger charge is -2.39. The van der Waals surface area contributed by atoms with Crippen molar-refractivity contribution in [2.45, 2.75) is 51.1 Å². The van der Waals surface area contributed by atoms with Crippen molar-refractivity contribution in [1.82, 2.24) is 4.90 Å². The Morgan fingerprint density at radius 2 is 2.27 bits per heavy atom. The maximum absolute atomic E-state index is 11.7. The van der Waals surface area contributed by atoms with Crippen molar-refractivity contribution in [3.63, 3.8) is 0 Å². The summed E-state index contributed by atoms with van der Waals surface area (Å²) in [6.07, 6.45) is 6.16. The minimum Gasteiger partial charge on any atom is -0.508 e. The number of phenolic OH excluding ortho intramolecular Hbond substituents is 1. The van der Waals surface area contributed by atoms with Gasteiger partial charge in [-0.1, -0.05) is 12.5 Å². The summed E-state index contributed by atoms with van der Waals surface area (Å²) in [5, 5.41) is 17.8. The molecule has 0 saturated heterocycles.